The zero-order valence-electron chi connectivity index (χ0n) is 14.4. The van der Waals surface area contributed by atoms with E-state index in [-0.39, 0.29) is 11.5 Å². The number of halogens is 2. The number of anilines is 1. The monoisotopic (exact) mass is 416 g/mol. The van der Waals surface area contributed by atoms with Crippen LogP contribution in [0.5, 0.6) is 5.75 Å². The number of aryl methyl sites for hydroxylation is 1. The maximum atomic E-state index is 12.1. The highest BCUT2D eigenvalue weighted by atomic mass is 35.5. The first kappa shape index (κ1) is 20.5. The number of hydrogen-bond donors (Lipinski definition) is 1. The molecule has 1 amide bonds. The van der Waals surface area contributed by atoms with Gasteiger partial charge in [0.1, 0.15) is 5.75 Å². The quantitative estimate of drug-likeness (QED) is 0.780. The SMILES string of the molecule is Cc1cc(S(=O)(=O)N(C)C)ccc1OCC(=O)Nc1c(Cl)cccc1Cl. The normalized spacial score (nSPS) is 11.5. The Hall–Kier alpha value is -1.80. The van der Waals surface area contributed by atoms with Gasteiger partial charge in [-0.1, -0.05) is 29.3 Å². The Balaban J connectivity index is 2.07. The number of hydrogen-bond acceptors (Lipinski definition) is 4. The second-order valence-corrected chi connectivity index (χ2v) is 8.61. The lowest BCUT2D eigenvalue weighted by Crippen LogP contribution is -2.22. The molecule has 2 aromatic rings. The molecule has 26 heavy (non-hydrogen) atoms. The summed E-state index contributed by atoms with van der Waals surface area (Å²) in [7, 11) is -0.613. The Morgan fingerprint density at radius 3 is 2.31 bits per heavy atom. The molecule has 0 heterocycles. The van der Waals surface area contributed by atoms with E-state index in [1.165, 1.54) is 32.3 Å². The molecular formula is C17H18Cl2N2O4S. The average molecular weight is 417 g/mol. The molecular weight excluding hydrogens is 399 g/mol. The second-order valence-electron chi connectivity index (χ2n) is 5.65. The molecule has 2 rings (SSSR count). The minimum Gasteiger partial charge on any atom is -0.483 e. The molecule has 0 unspecified atom stereocenters. The Labute approximate surface area is 162 Å². The molecule has 140 valence electrons. The number of sulfonamides is 1. The summed E-state index contributed by atoms with van der Waals surface area (Å²) in [6, 6.07) is 9.33. The highest BCUT2D eigenvalue weighted by Gasteiger charge is 2.18. The summed E-state index contributed by atoms with van der Waals surface area (Å²) in [4.78, 5) is 12.2. The molecule has 0 atom stereocenters. The number of ether oxygens (including phenoxy) is 1. The van der Waals surface area contributed by atoms with Crippen LogP contribution in [-0.2, 0) is 14.8 Å². The first-order valence-corrected chi connectivity index (χ1v) is 9.72. The minimum atomic E-state index is -3.53. The van der Waals surface area contributed by atoms with E-state index in [1.54, 1.807) is 25.1 Å². The molecule has 2 aromatic carbocycles. The van der Waals surface area contributed by atoms with E-state index in [2.05, 4.69) is 5.32 Å². The van der Waals surface area contributed by atoms with Crippen molar-refractivity contribution in [3.8, 4) is 5.75 Å². The number of nitrogens with one attached hydrogen (secondary N) is 1. The van der Waals surface area contributed by atoms with Crippen LogP contribution in [0.25, 0.3) is 0 Å². The van der Waals surface area contributed by atoms with Gasteiger partial charge in [-0.25, -0.2) is 12.7 Å². The zero-order valence-corrected chi connectivity index (χ0v) is 16.7. The van der Waals surface area contributed by atoms with E-state index in [9.17, 15) is 13.2 Å². The highest BCUT2D eigenvalue weighted by molar-refractivity contribution is 7.89. The fourth-order valence-corrected chi connectivity index (χ4v) is 3.57. The molecule has 1 N–H and O–H groups in total. The Morgan fingerprint density at radius 1 is 1.15 bits per heavy atom. The van der Waals surface area contributed by atoms with Crippen LogP contribution in [0.15, 0.2) is 41.3 Å². The van der Waals surface area contributed by atoms with Gasteiger partial charge in [-0.05, 0) is 42.8 Å². The van der Waals surface area contributed by atoms with Gasteiger partial charge in [-0.3, -0.25) is 4.79 Å². The molecule has 0 spiro atoms. The van der Waals surface area contributed by atoms with Gasteiger partial charge in [-0.2, -0.15) is 0 Å². The van der Waals surface area contributed by atoms with Gasteiger partial charge in [0.15, 0.2) is 6.61 Å². The van der Waals surface area contributed by atoms with Crippen LogP contribution in [0.2, 0.25) is 10.0 Å². The number of carbonyl (C=O) groups is 1. The first-order valence-electron chi connectivity index (χ1n) is 7.52. The average Bonchev–Trinajstić information content (AvgIpc) is 2.57. The summed E-state index contributed by atoms with van der Waals surface area (Å²) in [6.45, 7) is 1.43. The van der Waals surface area contributed by atoms with Crippen LogP contribution in [0.3, 0.4) is 0 Å². The molecule has 0 fully saturated rings. The van der Waals surface area contributed by atoms with Crippen molar-refractivity contribution in [2.24, 2.45) is 0 Å². The zero-order chi connectivity index (χ0) is 19.5. The summed E-state index contributed by atoms with van der Waals surface area (Å²) >= 11 is 12.0. The number of rotatable bonds is 6. The molecule has 0 saturated carbocycles. The maximum Gasteiger partial charge on any atom is 0.262 e. The smallest absolute Gasteiger partial charge is 0.262 e. The molecule has 0 aliphatic rings. The van der Waals surface area contributed by atoms with Crippen LogP contribution in [0.1, 0.15) is 5.56 Å². The molecule has 0 aliphatic heterocycles. The Kier molecular flexibility index (Phi) is 6.52. The third kappa shape index (κ3) is 4.67. The second kappa shape index (κ2) is 8.26. The van der Waals surface area contributed by atoms with Gasteiger partial charge < -0.3 is 10.1 Å². The number of para-hydroxylation sites is 1. The van der Waals surface area contributed by atoms with Crippen molar-refractivity contribution in [3.05, 3.63) is 52.0 Å². The predicted molar refractivity (Wildman–Crippen MR) is 103 cm³/mol. The van der Waals surface area contributed by atoms with Gasteiger partial charge in [-0.15, -0.1) is 0 Å². The number of benzene rings is 2. The lowest BCUT2D eigenvalue weighted by molar-refractivity contribution is -0.118. The minimum absolute atomic E-state index is 0.152. The van der Waals surface area contributed by atoms with Gasteiger partial charge >= 0.3 is 0 Å². The van der Waals surface area contributed by atoms with E-state index in [0.717, 1.165) is 4.31 Å². The van der Waals surface area contributed by atoms with Crippen molar-refractivity contribution < 1.29 is 17.9 Å². The van der Waals surface area contributed by atoms with E-state index >= 15 is 0 Å². The fraction of sp³-hybridized carbons (Fsp3) is 0.235. The Morgan fingerprint density at radius 2 is 1.77 bits per heavy atom. The third-order valence-corrected chi connectivity index (χ3v) is 5.95. The van der Waals surface area contributed by atoms with E-state index in [0.29, 0.717) is 27.0 Å². The fourth-order valence-electron chi connectivity index (χ4n) is 2.09. The highest BCUT2D eigenvalue weighted by Crippen LogP contribution is 2.30. The number of nitrogens with zero attached hydrogens (tertiary/aromatic N) is 1. The van der Waals surface area contributed by atoms with Crippen LogP contribution in [0.4, 0.5) is 5.69 Å². The number of amides is 1. The van der Waals surface area contributed by atoms with Crippen molar-refractivity contribution in [2.75, 3.05) is 26.0 Å². The summed E-state index contributed by atoms with van der Waals surface area (Å²) in [6.07, 6.45) is 0. The van der Waals surface area contributed by atoms with Crippen LogP contribution in [-0.4, -0.2) is 39.3 Å². The number of carbonyl (C=O) groups excluding carboxylic acids is 1. The van der Waals surface area contributed by atoms with E-state index in [1.807, 2.05) is 0 Å². The summed E-state index contributed by atoms with van der Waals surface area (Å²) in [5.74, 6) is -0.0347. The largest absolute Gasteiger partial charge is 0.483 e. The first-order chi connectivity index (χ1) is 12.1. The lowest BCUT2D eigenvalue weighted by atomic mass is 10.2. The predicted octanol–water partition coefficient (Wildman–Crippen LogP) is 3.57. The topological polar surface area (TPSA) is 75.7 Å². The molecule has 0 bridgehead atoms. The van der Waals surface area contributed by atoms with Gasteiger partial charge in [0.2, 0.25) is 10.0 Å². The van der Waals surface area contributed by atoms with E-state index < -0.39 is 15.9 Å². The summed E-state index contributed by atoms with van der Waals surface area (Å²) in [5, 5.41) is 3.23. The molecule has 0 radical (unpaired) electrons. The van der Waals surface area contributed by atoms with Crippen molar-refractivity contribution in [1.29, 1.82) is 0 Å². The van der Waals surface area contributed by atoms with Gasteiger partial charge in [0.05, 0.1) is 20.6 Å². The standard InChI is InChI=1S/C17H18Cl2N2O4S/c1-11-9-12(26(23,24)21(2)3)7-8-15(11)25-10-16(22)20-17-13(18)5-4-6-14(17)19/h4-9H,10H2,1-3H3,(H,20,22). The molecule has 0 aliphatic carbocycles. The third-order valence-electron chi connectivity index (χ3n) is 3.51. The lowest BCUT2D eigenvalue weighted by Gasteiger charge is -2.14. The van der Waals surface area contributed by atoms with Crippen molar-refractivity contribution >= 4 is 44.8 Å². The molecule has 0 aromatic heterocycles. The Bertz CT molecular complexity index is 910. The van der Waals surface area contributed by atoms with Crippen molar-refractivity contribution in [3.63, 3.8) is 0 Å². The van der Waals surface area contributed by atoms with Gasteiger partial charge in [0, 0.05) is 14.1 Å². The summed E-state index contributed by atoms with van der Waals surface area (Å²) in [5.41, 5.74) is 0.907. The van der Waals surface area contributed by atoms with Crippen LogP contribution < -0.4 is 10.1 Å². The van der Waals surface area contributed by atoms with E-state index in [4.69, 9.17) is 27.9 Å². The maximum absolute atomic E-state index is 12.1. The molecule has 9 heteroatoms. The van der Waals surface area contributed by atoms with Gasteiger partial charge in [0.25, 0.3) is 5.91 Å². The van der Waals surface area contributed by atoms with Crippen molar-refractivity contribution in [2.45, 2.75) is 11.8 Å². The molecule has 6 nitrogen and oxygen atoms in total. The van der Waals surface area contributed by atoms with Crippen molar-refractivity contribution in [1.82, 2.24) is 4.31 Å². The van der Waals surface area contributed by atoms with Crippen LogP contribution in [0, 0.1) is 6.92 Å². The molecule has 0 saturated heterocycles. The van der Waals surface area contributed by atoms with Crippen LogP contribution >= 0.6 is 23.2 Å². The summed E-state index contributed by atoms with van der Waals surface area (Å²) < 4.78 is 30.8.